The number of aliphatic hydroxyl groups is 3. The molecule has 4 nitrogen and oxygen atoms in total. The summed E-state index contributed by atoms with van der Waals surface area (Å²) in [4.78, 5) is 13.3. The van der Waals surface area contributed by atoms with Crippen molar-refractivity contribution in [2.24, 2.45) is 69.0 Å². The van der Waals surface area contributed by atoms with E-state index < -0.39 is 5.60 Å². The largest absolute Gasteiger partial charge is 0.393 e. The number of benzene rings is 2. The molecule has 0 aliphatic heterocycles. The van der Waals surface area contributed by atoms with Gasteiger partial charge in [0.1, 0.15) is 17.4 Å². The van der Waals surface area contributed by atoms with Gasteiger partial charge in [-0.3, -0.25) is 4.79 Å². The van der Waals surface area contributed by atoms with Gasteiger partial charge in [-0.05, 0) is 227 Å². The first-order chi connectivity index (χ1) is 30.5. The topological polar surface area (TPSA) is 77.8 Å². The molecule has 0 unspecified atom stereocenters. The number of hydrogen-bond donors (Lipinski definition) is 3. The fraction of sp³-hybridized carbons (Fsp3) is 0.707. The molecule has 8 aliphatic carbocycles. The Bertz CT molecular complexity index is 2060. The molecular formula is C58H80F2O4. The summed E-state index contributed by atoms with van der Waals surface area (Å²) in [5, 5.41) is 32.4. The minimum absolute atomic E-state index is 0.136. The van der Waals surface area contributed by atoms with Crippen LogP contribution in [0, 0.1) is 80.6 Å². The number of ketones is 1. The molecule has 0 aromatic heterocycles. The third-order valence-corrected chi connectivity index (χ3v) is 21.1. The van der Waals surface area contributed by atoms with Gasteiger partial charge in [-0.25, -0.2) is 8.78 Å². The van der Waals surface area contributed by atoms with Gasteiger partial charge >= 0.3 is 0 Å². The van der Waals surface area contributed by atoms with Crippen LogP contribution in [0.15, 0.2) is 71.8 Å². The number of carbonyl (C=O) groups is 1. The summed E-state index contributed by atoms with van der Waals surface area (Å²) in [6, 6.07) is 13.4. The molecule has 0 bridgehead atoms. The van der Waals surface area contributed by atoms with Crippen molar-refractivity contribution in [3.63, 3.8) is 0 Å². The summed E-state index contributed by atoms with van der Waals surface area (Å²) < 4.78 is 26.5. The quantitative estimate of drug-likeness (QED) is 0.219. The lowest BCUT2D eigenvalue weighted by atomic mass is 9.46. The Balaban J connectivity index is 0.000000162. The van der Waals surface area contributed by atoms with E-state index >= 15 is 0 Å². The Morgan fingerprint density at radius 3 is 1.64 bits per heavy atom. The lowest BCUT2D eigenvalue weighted by Gasteiger charge is -2.59. The Morgan fingerprint density at radius 1 is 0.625 bits per heavy atom. The molecule has 6 heteroatoms. The minimum Gasteiger partial charge on any atom is -0.393 e. The van der Waals surface area contributed by atoms with Gasteiger partial charge in [-0.15, -0.1) is 0 Å². The summed E-state index contributed by atoms with van der Waals surface area (Å²) in [6.45, 7) is 12.0. The molecule has 2 aromatic rings. The van der Waals surface area contributed by atoms with E-state index in [0.29, 0.717) is 41.8 Å². The third-order valence-electron chi connectivity index (χ3n) is 21.1. The average Bonchev–Trinajstić information content (AvgIpc) is 3.84. The molecule has 0 saturated heterocycles. The Kier molecular flexibility index (Phi) is 12.9. The Hall–Kier alpha value is -2.67. The Morgan fingerprint density at radius 2 is 1.11 bits per heavy atom. The van der Waals surface area contributed by atoms with Gasteiger partial charge in [0, 0.05) is 12.3 Å². The fourth-order valence-corrected chi connectivity index (χ4v) is 17.4. The molecule has 0 radical (unpaired) electrons. The van der Waals surface area contributed by atoms with E-state index in [1.165, 1.54) is 67.5 Å². The van der Waals surface area contributed by atoms with Crippen molar-refractivity contribution in [2.75, 3.05) is 0 Å². The maximum Gasteiger partial charge on any atom is 0.136 e. The number of aryl methyl sites for hydroxylation is 2. The van der Waals surface area contributed by atoms with Gasteiger partial charge in [-0.1, -0.05) is 82.2 Å². The molecular weight excluding hydrogens is 799 g/mol. The second-order valence-corrected chi connectivity index (χ2v) is 23.8. The normalized spacial score (nSPS) is 41.8. The van der Waals surface area contributed by atoms with Crippen molar-refractivity contribution >= 4 is 5.78 Å². The van der Waals surface area contributed by atoms with E-state index in [2.05, 4.69) is 46.8 Å². The molecule has 350 valence electrons. The second-order valence-electron chi connectivity index (χ2n) is 23.8. The SMILES string of the molecule is CC[C@@](O)(CCc1ccc(F)cc1)[C@H]1CC[C@H]2[C@@H]3CC=C4C[C@@H](O)CC[C@]4(C)[C@H]3CC[C@]12C.C[C@]12CC[C@H]3[C@@H](CC=C4C[C@@H](O)CC[C@@]43C)[C@@H]1CC[C@@H]2C(=O)CCc1ccc(F)cc1. The average molecular weight is 879 g/mol. The maximum atomic E-state index is 13.3. The van der Waals surface area contributed by atoms with Crippen molar-refractivity contribution in [3.05, 3.63) is 94.6 Å². The molecule has 0 amide bonds. The predicted octanol–water partition coefficient (Wildman–Crippen LogP) is 13.1. The summed E-state index contributed by atoms with van der Waals surface area (Å²) in [6.07, 6.45) is 25.9. The van der Waals surface area contributed by atoms with Crippen LogP contribution >= 0.6 is 0 Å². The first-order valence-electron chi connectivity index (χ1n) is 26.0. The number of carbonyl (C=O) groups excluding carboxylic acids is 1. The van der Waals surface area contributed by atoms with E-state index in [0.717, 1.165) is 119 Å². The summed E-state index contributed by atoms with van der Waals surface area (Å²) >= 11 is 0. The number of rotatable bonds is 9. The van der Waals surface area contributed by atoms with Crippen molar-refractivity contribution in [1.82, 2.24) is 0 Å². The first-order valence-corrected chi connectivity index (χ1v) is 26.0. The smallest absolute Gasteiger partial charge is 0.136 e. The van der Waals surface area contributed by atoms with Gasteiger partial charge in [0.25, 0.3) is 0 Å². The van der Waals surface area contributed by atoms with Crippen LogP contribution < -0.4 is 0 Å². The highest BCUT2D eigenvalue weighted by Crippen LogP contribution is 2.69. The molecule has 15 atom stereocenters. The van der Waals surface area contributed by atoms with Gasteiger partial charge < -0.3 is 15.3 Å². The standard InChI is InChI=1S/C30H43FO2.C28H37FO2/c1-4-30(33,18-13-20-5-8-22(31)9-6-20)27-12-11-25-24-10-7-21-19-23(32)14-16-28(21,2)26(24)15-17-29(25,27)3;1-27-15-13-21(30)17-19(27)6-9-22-23-10-11-25(28(23,2)16-14-24(22)27)26(31)12-5-18-3-7-20(29)8-4-18/h5-9,23-27,32-33H,4,10-19H2,1-3H3;3-4,6-8,21-25,30H,5,9-17H2,1-2H3/t23-,24-,25-,26-,27-,28-,29-,30+;21-,22-,23-,24-,25+,27-,28-/m00/s1. The summed E-state index contributed by atoms with van der Waals surface area (Å²) in [7, 11) is 0. The van der Waals surface area contributed by atoms with Crippen LogP contribution in [0.25, 0.3) is 0 Å². The summed E-state index contributed by atoms with van der Waals surface area (Å²) in [5.41, 5.74) is 5.42. The van der Waals surface area contributed by atoms with Crippen molar-refractivity contribution < 1.29 is 28.9 Å². The lowest BCUT2D eigenvalue weighted by molar-refractivity contribution is -0.129. The molecule has 6 saturated carbocycles. The van der Waals surface area contributed by atoms with E-state index in [1.54, 1.807) is 12.1 Å². The van der Waals surface area contributed by atoms with Crippen LogP contribution in [-0.2, 0) is 17.6 Å². The van der Waals surface area contributed by atoms with E-state index in [1.807, 2.05) is 12.1 Å². The zero-order valence-electron chi connectivity index (χ0n) is 39.9. The molecule has 64 heavy (non-hydrogen) atoms. The monoisotopic (exact) mass is 879 g/mol. The summed E-state index contributed by atoms with van der Waals surface area (Å²) in [5.74, 6) is 4.72. The minimum atomic E-state index is -0.654. The van der Waals surface area contributed by atoms with E-state index in [4.69, 9.17) is 0 Å². The number of hydrogen-bond acceptors (Lipinski definition) is 4. The van der Waals surface area contributed by atoms with Crippen molar-refractivity contribution in [2.45, 2.75) is 187 Å². The number of aliphatic hydroxyl groups excluding tert-OH is 2. The fourth-order valence-electron chi connectivity index (χ4n) is 17.4. The van der Waals surface area contributed by atoms with Crippen LogP contribution in [0.4, 0.5) is 8.78 Å². The van der Waals surface area contributed by atoms with Crippen molar-refractivity contribution in [3.8, 4) is 0 Å². The highest BCUT2D eigenvalue weighted by Gasteiger charge is 2.62. The first kappa shape index (κ1) is 46.4. The highest BCUT2D eigenvalue weighted by molar-refractivity contribution is 5.82. The molecule has 6 fully saturated rings. The number of fused-ring (bicyclic) bond motifs is 10. The second kappa shape index (κ2) is 17.8. The molecule has 0 spiro atoms. The third kappa shape index (κ3) is 8.16. The van der Waals surface area contributed by atoms with Crippen LogP contribution in [0.2, 0.25) is 0 Å². The van der Waals surface area contributed by atoms with Crippen LogP contribution in [0.1, 0.15) is 168 Å². The van der Waals surface area contributed by atoms with Gasteiger partial charge in [0.15, 0.2) is 0 Å². The number of allylic oxidation sites excluding steroid dienone is 2. The number of halogens is 2. The molecule has 0 heterocycles. The van der Waals surface area contributed by atoms with Crippen LogP contribution in [0.5, 0.6) is 0 Å². The zero-order valence-corrected chi connectivity index (χ0v) is 39.9. The van der Waals surface area contributed by atoms with Gasteiger partial charge in [0.05, 0.1) is 17.8 Å². The molecule has 3 N–H and O–H groups in total. The highest BCUT2D eigenvalue weighted by atomic mass is 19.1. The van der Waals surface area contributed by atoms with Crippen LogP contribution in [-0.4, -0.2) is 38.9 Å². The zero-order chi connectivity index (χ0) is 45.2. The van der Waals surface area contributed by atoms with E-state index in [9.17, 15) is 28.9 Å². The van der Waals surface area contributed by atoms with Crippen LogP contribution in [0.3, 0.4) is 0 Å². The van der Waals surface area contributed by atoms with E-state index in [-0.39, 0.29) is 51.4 Å². The number of Topliss-reactive ketones (excluding diaryl/α,β-unsaturated/α-hetero) is 1. The molecule has 8 aliphatic rings. The maximum absolute atomic E-state index is 13.3. The molecule has 10 rings (SSSR count). The van der Waals surface area contributed by atoms with Crippen molar-refractivity contribution in [1.29, 1.82) is 0 Å². The van der Waals surface area contributed by atoms with Gasteiger partial charge in [-0.2, -0.15) is 0 Å². The van der Waals surface area contributed by atoms with Gasteiger partial charge in [0.2, 0.25) is 0 Å². The molecule has 2 aromatic carbocycles. The predicted molar refractivity (Wildman–Crippen MR) is 252 cm³/mol. The lowest BCUT2D eigenvalue weighted by Crippen LogP contribution is -2.53. The Labute approximate surface area is 384 Å².